The lowest BCUT2D eigenvalue weighted by Gasteiger charge is -2.55. The van der Waals surface area contributed by atoms with Crippen LogP contribution in [0.4, 0.5) is 0 Å². The summed E-state index contributed by atoms with van der Waals surface area (Å²) in [5, 5.41) is 13.8. The van der Waals surface area contributed by atoms with Gasteiger partial charge in [-0.15, -0.1) is 0 Å². The summed E-state index contributed by atoms with van der Waals surface area (Å²) in [6.45, 7) is 0. The third kappa shape index (κ3) is 2.31. The number of phenols is 1. The number of hydrogen-bond acceptors (Lipinski definition) is 3. The molecule has 0 spiro atoms. The van der Waals surface area contributed by atoms with E-state index in [1.165, 1.54) is 25.5 Å². The first-order valence-corrected chi connectivity index (χ1v) is 8.26. The Hall–Kier alpha value is -1.84. The number of para-hydroxylation sites is 1. The van der Waals surface area contributed by atoms with Crippen molar-refractivity contribution in [2.75, 3.05) is 0 Å². The third-order valence-corrected chi connectivity index (χ3v) is 5.83. The Labute approximate surface area is 130 Å². The SMILES string of the molecule is O=C(N/N=C\c1ccccc1O)C12CC3CC(CC(C3)C1)C2. The zero-order valence-corrected chi connectivity index (χ0v) is 12.7. The third-order valence-electron chi connectivity index (χ3n) is 5.83. The molecule has 4 bridgehead atoms. The first-order valence-electron chi connectivity index (χ1n) is 8.26. The summed E-state index contributed by atoms with van der Waals surface area (Å²) >= 11 is 0. The van der Waals surface area contributed by atoms with Crippen molar-refractivity contribution in [3.8, 4) is 5.75 Å². The summed E-state index contributed by atoms with van der Waals surface area (Å²) in [6, 6.07) is 6.99. The summed E-state index contributed by atoms with van der Waals surface area (Å²) in [5.74, 6) is 2.51. The average molecular weight is 298 g/mol. The number of nitrogens with one attached hydrogen (secondary N) is 1. The Balaban J connectivity index is 1.45. The Bertz CT molecular complexity index is 588. The molecular weight excluding hydrogens is 276 g/mol. The molecule has 1 aromatic rings. The molecule has 4 aliphatic carbocycles. The molecule has 4 heteroatoms. The van der Waals surface area contributed by atoms with Crippen LogP contribution >= 0.6 is 0 Å². The van der Waals surface area contributed by atoms with Crippen molar-refractivity contribution in [1.82, 2.24) is 5.43 Å². The molecule has 0 aromatic heterocycles. The van der Waals surface area contributed by atoms with Crippen LogP contribution in [0.3, 0.4) is 0 Å². The Morgan fingerprint density at radius 1 is 1.14 bits per heavy atom. The van der Waals surface area contributed by atoms with Gasteiger partial charge in [0, 0.05) is 5.56 Å². The van der Waals surface area contributed by atoms with Gasteiger partial charge in [0.15, 0.2) is 0 Å². The molecule has 0 heterocycles. The van der Waals surface area contributed by atoms with Crippen LogP contribution in [0, 0.1) is 23.2 Å². The second-order valence-corrected chi connectivity index (χ2v) is 7.46. The minimum atomic E-state index is -0.176. The highest BCUT2D eigenvalue weighted by Gasteiger charge is 2.54. The molecule has 0 saturated heterocycles. The highest BCUT2D eigenvalue weighted by atomic mass is 16.3. The zero-order chi connectivity index (χ0) is 15.2. The largest absolute Gasteiger partial charge is 0.507 e. The molecule has 116 valence electrons. The minimum Gasteiger partial charge on any atom is -0.507 e. The molecule has 1 aromatic carbocycles. The van der Waals surface area contributed by atoms with Gasteiger partial charge in [0.25, 0.3) is 0 Å². The maximum Gasteiger partial charge on any atom is 0.246 e. The van der Waals surface area contributed by atoms with Crippen molar-refractivity contribution in [3.63, 3.8) is 0 Å². The van der Waals surface area contributed by atoms with E-state index < -0.39 is 0 Å². The van der Waals surface area contributed by atoms with Crippen LogP contribution in [0.1, 0.15) is 44.1 Å². The zero-order valence-electron chi connectivity index (χ0n) is 12.7. The maximum atomic E-state index is 12.7. The van der Waals surface area contributed by atoms with Crippen molar-refractivity contribution < 1.29 is 9.90 Å². The van der Waals surface area contributed by atoms with E-state index in [-0.39, 0.29) is 17.1 Å². The first-order chi connectivity index (χ1) is 10.6. The van der Waals surface area contributed by atoms with Gasteiger partial charge in [0.1, 0.15) is 5.75 Å². The smallest absolute Gasteiger partial charge is 0.246 e. The molecular formula is C18H22N2O2. The lowest BCUT2D eigenvalue weighted by molar-refractivity contribution is -0.146. The minimum absolute atomic E-state index is 0.0817. The lowest BCUT2D eigenvalue weighted by atomic mass is 9.49. The monoisotopic (exact) mass is 298 g/mol. The Kier molecular flexibility index (Phi) is 3.21. The van der Waals surface area contributed by atoms with E-state index in [4.69, 9.17) is 0 Å². The van der Waals surface area contributed by atoms with Gasteiger partial charge in [-0.2, -0.15) is 5.10 Å². The van der Waals surface area contributed by atoms with Gasteiger partial charge in [-0.1, -0.05) is 12.1 Å². The predicted molar refractivity (Wildman–Crippen MR) is 84.4 cm³/mol. The van der Waals surface area contributed by atoms with Gasteiger partial charge in [-0.05, 0) is 68.4 Å². The number of hydrogen-bond donors (Lipinski definition) is 2. The summed E-state index contributed by atoms with van der Waals surface area (Å²) in [4.78, 5) is 12.7. The number of rotatable bonds is 3. The van der Waals surface area contributed by atoms with Crippen molar-refractivity contribution >= 4 is 12.1 Å². The van der Waals surface area contributed by atoms with Crippen LogP contribution < -0.4 is 5.43 Å². The number of hydrazone groups is 1. The first kappa shape index (κ1) is 13.8. The van der Waals surface area contributed by atoms with Gasteiger partial charge in [0.2, 0.25) is 5.91 Å². The van der Waals surface area contributed by atoms with Crippen molar-refractivity contribution in [2.24, 2.45) is 28.3 Å². The predicted octanol–water partition coefficient (Wildman–Crippen LogP) is 3.06. The summed E-state index contributed by atoms with van der Waals surface area (Å²) < 4.78 is 0. The van der Waals surface area contributed by atoms with Crippen LogP contribution in [0.25, 0.3) is 0 Å². The second kappa shape index (κ2) is 5.11. The number of amides is 1. The maximum absolute atomic E-state index is 12.7. The molecule has 4 nitrogen and oxygen atoms in total. The number of aromatic hydroxyl groups is 1. The lowest BCUT2D eigenvalue weighted by Crippen LogP contribution is -2.52. The Morgan fingerprint density at radius 2 is 1.73 bits per heavy atom. The number of nitrogens with zero attached hydrogens (tertiary/aromatic N) is 1. The molecule has 5 rings (SSSR count). The second-order valence-electron chi connectivity index (χ2n) is 7.46. The van der Waals surface area contributed by atoms with E-state index in [1.807, 2.05) is 6.07 Å². The molecule has 0 radical (unpaired) electrons. The summed E-state index contributed by atoms with van der Waals surface area (Å²) in [7, 11) is 0. The van der Waals surface area contributed by atoms with Gasteiger partial charge in [-0.3, -0.25) is 4.79 Å². The quantitative estimate of drug-likeness (QED) is 0.665. The van der Waals surface area contributed by atoms with Crippen LogP contribution in [0.2, 0.25) is 0 Å². The molecule has 0 atom stereocenters. The van der Waals surface area contributed by atoms with Gasteiger partial charge in [0.05, 0.1) is 11.6 Å². The molecule has 0 aliphatic heterocycles. The highest BCUT2D eigenvalue weighted by Crippen LogP contribution is 2.60. The molecule has 22 heavy (non-hydrogen) atoms. The van der Waals surface area contributed by atoms with Crippen LogP contribution in [0.15, 0.2) is 29.4 Å². The number of phenolic OH excluding ortho intramolecular Hbond substituents is 1. The fourth-order valence-corrected chi connectivity index (χ4v) is 5.26. The van der Waals surface area contributed by atoms with E-state index >= 15 is 0 Å². The fourth-order valence-electron chi connectivity index (χ4n) is 5.26. The summed E-state index contributed by atoms with van der Waals surface area (Å²) in [6.07, 6.45) is 8.62. The average Bonchev–Trinajstić information content (AvgIpc) is 2.47. The number of carbonyl (C=O) groups is 1. The van der Waals surface area contributed by atoms with Crippen molar-refractivity contribution in [1.29, 1.82) is 0 Å². The van der Waals surface area contributed by atoms with E-state index in [9.17, 15) is 9.90 Å². The standard InChI is InChI=1S/C18H22N2O2/c21-16-4-2-1-3-15(16)11-19-20-17(22)18-8-12-5-13(9-18)7-14(6-12)10-18/h1-4,11-14,21H,5-10H2,(H,20,22)/b19-11-. The topological polar surface area (TPSA) is 61.7 Å². The molecule has 1 amide bonds. The fraction of sp³-hybridized carbons (Fsp3) is 0.556. The highest BCUT2D eigenvalue weighted by molar-refractivity contribution is 5.87. The van der Waals surface area contributed by atoms with Crippen LogP contribution in [-0.2, 0) is 4.79 Å². The molecule has 4 saturated carbocycles. The molecule has 4 fully saturated rings. The van der Waals surface area contributed by atoms with Crippen LogP contribution in [-0.4, -0.2) is 17.2 Å². The molecule has 4 aliphatic rings. The van der Waals surface area contributed by atoms with E-state index in [0.717, 1.165) is 37.0 Å². The van der Waals surface area contributed by atoms with E-state index in [2.05, 4.69) is 10.5 Å². The number of benzene rings is 1. The summed E-state index contributed by atoms with van der Waals surface area (Å²) in [5.41, 5.74) is 3.18. The number of carbonyl (C=O) groups excluding carboxylic acids is 1. The van der Waals surface area contributed by atoms with Gasteiger partial charge < -0.3 is 5.11 Å². The van der Waals surface area contributed by atoms with E-state index in [1.54, 1.807) is 18.2 Å². The van der Waals surface area contributed by atoms with Crippen molar-refractivity contribution in [2.45, 2.75) is 38.5 Å². The van der Waals surface area contributed by atoms with Crippen molar-refractivity contribution in [3.05, 3.63) is 29.8 Å². The van der Waals surface area contributed by atoms with Gasteiger partial charge in [-0.25, -0.2) is 5.43 Å². The molecule has 0 unspecified atom stereocenters. The van der Waals surface area contributed by atoms with Crippen LogP contribution in [0.5, 0.6) is 5.75 Å². The van der Waals surface area contributed by atoms with Gasteiger partial charge >= 0.3 is 0 Å². The van der Waals surface area contributed by atoms with E-state index in [0.29, 0.717) is 5.56 Å². The normalized spacial score (nSPS) is 35.9. The Morgan fingerprint density at radius 3 is 2.32 bits per heavy atom. The molecule has 2 N–H and O–H groups in total.